The minimum absolute atomic E-state index is 0.220. The number of H-pyrrole nitrogens is 1. The van der Waals surface area contributed by atoms with Gasteiger partial charge in [-0.2, -0.15) is 0 Å². The third-order valence-electron chi connectivity index (χ3n) is 2.82. The summed E-state index contributed by atoms with van der Waals surface area (Å²) in [5, 5.41) is 2.35. The van der Waals surface area contributed by atoms with E-state index in [-0.39, 0.29) is 5.39 Å². The molecule has 0 bridgehead atoms. The van der Waals surface area contributed by atoms with Gasteiger partial charge in [0.25, 0.3) is 0 Å². The summed E-state index contributed by atoms with van der Waals surface area (Å²) in [6, 6.07) is 2.62. The maximum absolute atomic E-state index is 13.9. The van der Waals surface area contributed by atoms with Crippen LogP contribution in [0.3, 0.4) is 0 Å². The molecule has 0 saturated carbocycles. The molecule has 6 heteroatoms. The summed E-state index contributed by atoms with van der Waals surface area (Å²) in [6.07, 6.45) is 0. The molecule has 1 aromatic carbocycles. The van der Waals surface area contributed by atoms with Gasteiger partial charge in [0.2, 0.25) is 0 Å². The highest BCUT2D eigenvalue weighted by atomic mass is 32.1. The van der Waals surface area contributed by atoms with Crippen LogP contribution in [0.1, 0.15) is 5.69 Å². The number of nitrogens with one attached hydrogen (secondary N) is 1. The molecule has 0 amide bonds. The molecule has 3 nitrogen and oxygen atoms in total. The lowest BCUT2D eigenvalue weighted by molar-refractivity contribution is 0.517. The highest BCUT2D eigenvalue weighted by molar-refractivity contribution is 7.13. The molecule has 3 aromatic rings. The van der Waals surface area contributed by atoms with Crippen molar-refractivity contribution in [1.29, 1.82) is 0 Å². The summed E-state index contributed by atoms with van der Waals surface area (Å²) >= 11 is 1.27. The zero-order chi connectivity index (χ0) is 12.9. The maximum Gasteiger partial charge on any atom is 0.180 e. The van der Waals surface area contributed by atoms with Gasteiger partial charge in [-0.05, 0) is 19.1 Å². The van der Waals surface area contributed by atoms with E-state index < -0.39 is 11.6 Å². The molecule has 92 valence electrons. The molecular formula is C12H9F2N3S. The third kappa shape index (κ3) is 1.49. The zero-order valence-corrected chi connectivity index (χ0v) is 10.2. The van der Waals surface area contributed by atoms with Crippen molar-refractivity contribution in [3.63, 3.8) is 0 Å². The van der Waals surface area contributed by atoms with Gasteiger partial charge in [0, 0.05) is 27.5 Å². The molecule has 0 atom stereocenters. The molecule has 2 aromatic heterocycles. The number of aryl methyl sites for hydroxylation is 1. The Bertz CT molecular complexity index is 745. The third-order valence-corrected chi connectivity index (χ3v) is 3.49. The number of fused-ring (bicyclic) bond motifs is 1. The number of benzene rings is 1. The standard InChI is InChI=1S/C12H9F2N3S/c1-5-9(8-4-18-12(15)17-8)10-7(16-5)3-2-6(13)11(10)14/h2-4,16H,1H3,(H2,15,17). The van der Waals surface area contributed by atoms with E-state index in [1.54, 1.807) is 12.3 Å². The number of rotatable bonds is 1. The van der Waals surface area contributed by atoms with Gasteiger partial charge in [-0.15, -0.1) is 11.3 Å². The van der Waals surface area contributed by atoms with E-state index >= 15 is 0 Å². The monoisotopic (exact) mass is 265 g/mol. The van der Waals surface area contributed by atoms with Crippen LogP contribution in [0.2, 0.25) is 0 Å². The fourth-order valence-corrected chi connectivity index (χ4v) is 2.63. The van der Waals surface area contributed by atoms with E-state index in [0.717, 1.165) is 11.8 Å². The number of halogens is 2. The van der Waals surface area contributed by atoms with Crippen molar-refractivity contribution >= 4 is 27.4 Å². The van der Waals surface area contributed by atoms with Crippen LogP contribution in [0.15, 0.2) is 17.5 Å². The second-order valence-corrected chi connectivity index (χ2v) is 4.87. The predicted octanol–water partition coefficient (Wildman–Crippen LogP) is 3.46. The first-order valence-electron chi connectivity index (χ1n) is 5.25. The van der Waals surface area contributed by atoms with Crippen LogP contribution >= 0.6 is 11.3 Å². The van der Waals surface area contributed by atoms with Gasteiger partial charge in [-0.1, -0.05) is 0 Å². The van der Waals surface area contributed by atoms with Crippen molar-refractivity contribution in [3.8, 4) is 11.3 Å². The average molecular weight is 265 g/mol. The van der Waals surface area contributed by atoms with Gasteiger partial charge in [-0.3, -0.25) is 0 Å². The van der Waals surface area contributed by atoms with Gasteiger partial charge in [0.15, 0.2) is 16.8 Å². The van der Waals surface area contributed by atoms with Crippen LogP contribution in [0.25, 0.3) is 22.2 Å². The minimum atomic E-state index is -0.869. The maximum atomic E-state index is 13.9. The Labute approximate surface area is 105 Å². The topological polar surface area (TPSA) is 54.7 Å². The van der Waals surface area contributed by atoms with Crippen molar-refractivity contribution in [3.05, 3.63) is 34.8 Å². The molecule has 0 fully saturated rings. The largest absolute Gasteiger partial charge is 0.375 e. The summed E-state index contributed by atoms with van der Waals surface area (Å²) in [6.45, 7) is 1.79. The Morgan fingerprint density at radius 2 is 2.11 bits per heavy atom. The van der Waals surface area contributed by atoms with E-state index in [1.807, 2.05) is 0 Å². The number of aromatic amines is 1. The van der Waals surface area contributed by atoms with Crippen molar-refractivity contribution < 1.29 is 8.78 Å². The van der Waals surface area contributed by atoms with Crippen molar-refractivity contribution in [2.24, 2.45) is 0 Å². The van der Waals surface area contributed by atoms with Crippen LogP contribution in [-0.2, 0) is 0 Å². The van der Waals surface area contributed by atoms with E-state index in [4.69, 9.17) is 5.73 Å². The highest BCUT2D eigenvalue weighted by Crippen LogP contribution is 2.35. The molecule has 0 unspecified atom stereocenters. The Morgan fingerprint density at radius 1 is 1.33 bits per heavy atom. The van der Waals surface area contributed by atoms with Crippen molar-refractivity contribution in [2.75, 3.05) is 5.73 Å². The molecular weight excluding hydrogens is 256 g/mol. The van der Waals surface area contributed by atoms with Gasteiger partial charge < -0.3 is 10.7 Å². The average Bonchev–Trinajstić information content (AvgIpc) is 2.87. The van der Waals surface area contributed by atoms with Gasteiger partial charge in [0.05, 0.1) is 5.69 Å². The second-order valence-electron chi connectivity index (χ2n) is 3.98. The molecule has 0 aliphatic heterocycles. The number of aromatic nitrogens is 2. The number of thiazole rings is 1. The van der Waals surface area contributed by atoms with Gasteiger partial charge in [-0.25, -0.2) is 13.8 Å². The molecule has 3 rings (SSSR count). The van der Waals surface area contributed by atoms with Gasteiger partial charge in [0.1, 0.15) is 0 Å². The first kappa shape index (κ1) is 11.2. The van der Waals surface area contributed by atoms with E-state index in [9.17, 15) is 8.78 Å². The lowest BCUT2D eigenvalue weighted by atomic mass is 10.1. The summed E-state index contributed by atoms with van der Waals surface area (Å²) in [5.74, 6) is -1.73. The SMILES string of the molecule is Cc1[nH]c2ccc(F)c(F)c2c1-c1csc(N)n1. The molecule has 0 saturated heterocycles. The molecule has 0 aliphatic carbocycles. The Balaban J connectivity index is 2.41. The molecule has 2 heterocycles. The smallest absolute Gasteiger partial charge is 0.180 e. The lowest BCUT2D eigenvalue weighted by Gasteiger charge is -1.99. The molecule has 0 spiro atoms. The van der Waals surface area contributed by atoms with Crippen LogP contribution in [-0.4, -0.2) is 9.97 Å². The number of hydrogen-bond acceptors (Lipinski definition) is 3. The molecule has 0 radical (unpaired) electrons. The van der Waals surface area contributed by atoms with Crippen LogP contribution in [0.4, 0.5) is 13.9 Å². The van der Waals surface area contributed by atoms with E-state index in [0.29, 0.717) is 21.9 Å². The van der Waals surface area contributed by atoms with Crippen LogP contribution in [0, 0.1) is 18.6 Å². The Kier molecular flexibility index (Phi) is 2.34. The van der Waals surface area contributed by atoms with Gasteiger partial charge >= 0.3 is 0 Å². The van der Waals surface area contributed by atoms with Crippen LogP contribution < -0.4 is 5.73 Å². The number of anilines is 1. The summed E-state index contributed by atoms with van der Waals surface area (Å²) in [5.41, 5.74) is 7.99. The molecule has 3 N–H and O–H groups in total. The quantitative estimate of drug-likeness (QED) is 0.708. The number of nitrogens with zero attached hydrogens (tertiary/aromatic N) is 1. The molecule has 18 heavy (non-hydrogen) atoms. The van der Waals surface area contributed by atoms with E-state index in [1.165, 1.54) is 17.4 Å². The number of hydrogen-bond donors (Lipinski definition) is 2. The normalized spacial score (nSPS) is 11.3. The van der Waals surface area contributed by atoms with Crippen LogP contribution in [0.5, 0.6) is 0 Å². The predicted molar refractivity (Wildman–Crippen MR) is 68.5 cm³/mol. The summed E-state index contributed by atoms with van der Waals surface area (Å²) in [4.78, 5) is 7.14. The summed E-state index contributed by atoms with van der Waals surface area (Å²) in [7, 11) is 0. The highest BCUT2D eigenvalue weighted by Gasteiger charge is 2.18. The van der Waals surface area contributed by atoms with Crippen molar-refractivity contribution in [2.45, 2.75) is 6.92 Å². The Hall–Kier alpha value is -1.95. The zero-order valence-electron chi connectivity index (χ0n) is 9.42. The molecule has 0 aliphatic rings. The first-order chi connectivity index (χ1) is 8.58. The minimum Gasteiger partial charge on any atom is -0.375 e. The first-order valence-corrected chi connectivity index (χ1v) is 6.13. The second kappa shape index (κ2) is 3.78. The number of nitrogens with two attached hydrogens (primary N) is 1. The fourth-order valence-electron chi connectivity index (χ4n) is 2.07. The van der Waals surface area contributed by atoms with E-state index in [2.05, 4.69) is 9.97 Å². The lowest BCUT2D eigenvalue weighted by Crippen LogP contribution is -1.87. The van der Waals surface area contributed by atoms with Crippen molar-refractivity contribution in [1.82, 2.24) is 9.97 Å². The Morgan fingerprint density at radius 3 is 2.78 bits per heavy atom. The summed E-state index contributed by atoms with van der Waals surface area (Å²) < 4.78 is 27.2. The fraction of sp³-hybridized carbons (Fsp3) is 0.0833. The number of nitrogen functional groups attached to an aromatic ring is 1.